The molecular formula is C69H104N8O16. The Hall–Kier alpha value is -6.67. The summed E-state index contributed by atoms with van der Waals surface area (Å²) in [4.78, 5) is 129. The van der Waals surface area contributed by atoms with Gasteiger partial charge >= 0.3 is 0 Å². The molecule has 24 nitrogen and oxygen atoms in total. The van der Waals surface area contributed by atoms with E-state index in [1.54, 1.807) is 52.9 Å². The first kappa shape index (κ1) is 75.4. The number of hydrogen-bond acceptors (Lipinski definition) is 16. The highest BCUT2D eigenvalue weighted by Gasteiger charge is 2.56. The third-order valence-electron chi connectivity index (χ3n) is 18.8. The highest BCUT2D eigenvalue weighted by atomic mass is 16.6. The van der Waals surface area contributed by atoms with Crippen LogP contribution in [-0.2, 0) is 84.5 Å². The van der Waals surface area contributed by atoms with Crippen molar-refractivity contribution in [2.45, 2.75) is 174 Å². The zero-order valence-electron chi connectivity index (χ0n) is 56.2. The van der Waals surface area contributed by atoms with Crippen LogP contribution in [-0.4, -0.2) is 220 Å². The Kier molecular flexibility index (Phi) is 31.3. The SMILES string of the molecule is CC[C@H](C)[C@@H]([C@@H](CC(=O)N1CCC[C@H]1[C@H](OC)[C@@H](C)C(=O)N[C@@H](Cc1ccccc1)C(=O)Nc1ccc(CNC(=O)CCCCCN2C(=O)C=CC2=O)cc1)OC)N(C)C(=O)[C@@H](NC(=O)[C@@H]1C2CCC([C@H]2C)N1C(=O)CCOCCOCCOCCOCCO)C(C)C. The minimum atomic E-state index is -1.00. The number of amides is 9. The van der Waals surface area contributed by atoms with Crippen molar-refractivity contribution in [3.05, 3.63) is 77.9 Å². The van der Waals surface area contributed by atoms with E-state index in [9.17, 15) is 43.2 Å². The molecule has 516 valence electrons. The summed E-state index contributed by atoms with van der Waals surface area (Å²) >= 11 is 0. The van der Waals surface area contributed by atoms with Crippen LogP contribution < -0.4 is 21.3 Å². The number of ether oxygens (including phenoxy) is 6. The van der Waals surface area contributed by atoms with Crippen LogP contribution in [0.5, 0.6) is 0 Å². The van der Waals surface area contributed by atoms with Gasteiger partial charge in [-0.1, -0.05) is 96.8 Å². The number of aliphatic hydroxyl groups excluding tert-OH is 1. The molecule has 2 saturated heterocycles. The van der Waals surface area contributed by atoms with Gasteiger partial charge in [-0.2, -0.15) is 0 Å². The molecule has 1 saturated carbocycles. The molecule has 0 radical (unpaired) electrons. The molecule has 0 aromatic heterocycles. The van der Waals surface area contributed by atoms with Crippen molar-refractivity contribution in [3.8, 4) is 0 Å². The molecule has 2 bridgehead atoms. The molecule has 9 amide bonds. The zero-order chi connectivity index (χ0) is 67.6. The van der Waals surface area contributed by atoms with Gasteiger partial charge in [-0.05, 0) is 85.5 Å². The van der Waals surface area contributed by atoms with E-state index in [2.05, 4.69) is 28.2 Å². The molecule has 6 rings (SSSR count). The summed E-state index contributed by atoms with van der Waals surface area (Å²) in [7, 11) is 4.72. The molecule has 2 aromatic carbocycles. The van der Waals surface area contributed by atoms with Gasteiger partial charge < -0.3 is 69.5 Å². The molecule has 1 aliphatic carbocycles. The van der Waals surface area contributed by atoms with Gasteiger partial charge in [0.1, 0.15) is 18.1 Å². The summed E-state index contributed by atoms with van der Waals surface area (Å²) in [6.45, 7) is 15.1. The van der Waals surface area contributed by atoms with Crippen LogP contribution in [0.3, 0.4) is 0 Å². The van der Waals surface area contributed by atoms with Gasteiger partial charge in [0.05, 0.1) is 103 Å². The molecule has 3 aliphatic heterocycles. The van der Waals surface area contributed by atoms with E-state index in [-0.39, 0.29) is 123 Å². The number of carbonyl (C=O) groups excluding carboxylic acids is 9. The van der Waals surface area contributed by atoms with E-state index in [1.807, 2.05) is 58.0 Å². The van der Waals surface area contributed by atoms with Crippen LogP contribution in [0.15, 0.2) is 66.7 Å². The Balaban J connectivity index is 1.03. The molecular weight excluding hydrogens is 1200 g/mol. The Morgan fingerprint density at radius 3 is 1.98 bits per heavy atom. The molecule has 2 aromatic rings. The minimum absolute atomic E-state index is 0.0383. The largest absolute Gasteiger partial charge is 0.394 e. The van der Waals surface area contributed by atoms with Crippen molar-refractivity contribution in [3.63, 3.8) is 0 Å². The van der Waals surface area contributed by atoms with Crippen molar-refractivity contribution in [1.29, 1.82) is 0 Å². The number of rotatable bonds is 42. The maximum Gasteiger partial charge on any atom is 0.253 e. The summed E-state index contributed by atoms with van der Waals surface area (Å²) in [5.41, 5.74) is 2.12. The second kappa shape index (κ2) is 38.6. The number of nitrogens with one attached hydrogen (secondary N) is 4. The smallest absolute Gasteiger partial charge is 0.253 e. The quantitative estimate of drug-likeness (QED) is 0.0449. The molecule has 3 fully saturated rings. The second-order valence-corrected chi connectivity index (χ2v) is 25.3. The van der Waals surface area contributed by atoms with E-state index in [1.165, 1.54) is 31.3 Å². The van der Waals surface area contributed by atoms with Crippen molar-refractivity contribution < 1.29 is 76.7 Å². The average Bonchev–Trinajstić information content (AvgIpc) is 1.60. The van der Waals surface area contributed by atoms with Gasteiger partial charge in [-0.3, -0.25) is 48.1 Å². The Morgan fingerprint density at radius 2 is 1.37 bits per heavy atom. The van der Waals surface area contributed by atoms with E-state index >= 15 is 0 Å². The monoisotopic (exact) mass is 1300 g/mol. The van der Waals surface area contributed by atoms with Crippen molar-refractivity contribution in [1.82, 2.24) is 35.6 Å². The maximum absolute atomic E-state index is 14.9. The molecule has 93 heavy (non-hydrogen) atoms. The van der Waals surface area contributed by atoms with Gasteiger partial charge in [0.2, 0.25) is 41.4 Å². The fourth-order valence-electron chi connectivity index (χ4n) is 13.4. The van der Waals surface area contributed by atoms with Gasteiger partial charge in [0.15, 0.2) is 0 Å². The number of methoxy groups -OCH3 is 2. The number of likely N-dealkylation sites (N-methyl/N-ethyl adjacent to an activating group) is 1. The molecule has 24 heteroatoms. The van der Waals surface area contributed by atoms with Crippen LogP contribution in [0.4, 0.5) is 5.69 Å². The lowest BCUT2D eigenvalue weighted by atomic mass is 9.89. The number of anilines is 1. The summed E-state index contributed by atoms with van der Waals surface area (Å²) in [6, 6.07) is 12.5. The van der Waals surface area contributed by atoms with Gasteiger partial charge in [-0.15, -0.1) is 0 Å². The predicted octanol–water partition coefficient (Wildman–Crippen LogP) is 4.59. The Bertz CT molecular complexity index is 2750. The van der Waals surface area contributed by atoms with Crippen molar-refractivity contribution in [2.24, 2.45) is 29.6 Å². The number of fused-ring (bicyclic) bond motifs is 2. The summed E-state index contributed by atoms with van der Waals surface area (Å²) in [6.07, 6.45) is 6.77. The number of imide groups is 1. The lowest BCUT2D eigenvalue weighted by Gasteiger charge is -2.41. The number of hydrogen-bond donors (Lipinski definition) is 5. The first-order chi connectivity index (χ1) is 44.7. The summed E-state index contributed by atoms with van der Waals surface area (Å²) in [5.74, 6) is -4.07. The van der Waals surface area contributed by atoms with E-state index < -0.39 is 60.1 Å². The normalized spacial score (nSPS) is 20.7. The van der Waals surface area contributed by atoms with E-state index in [0.29, 0.717) is 96.8 Å². The number of aliphatic hydroxyl groups is 1. The van der Waals surface area contributed by atoms with Crippen molar-refractivity contribution in [2.75, 3.05) is 99.1 Å². The van der Waals surface area contributed by atoms with Gasteiger partial charge in [0.25, 0.3) is 11.8 Å². The lowest BCUT2D eigenvalue weighted by molar-refractivity contribution is -0.149. The van der Waals surface area contributed by atoms with Crippen LogP contribution >= 0.6 is 0 Å². The van der Waals surface area contributed by atoms with Crippen LogP contribution in [0.25, 0.3) is 0 Å². The highest BCUT2D eigenvalue weighted by Crippen LogP contribution is 2.47. The number of unbranched alkanes of at least 4 members (excludes halogenated alkanes) is 2. The van der Waals surface area contributed by atoms with Crippen molar-refractivity contribution >= 4 is 58.9 Å². The third-order valence-corrected chi connectivity index (χ3v) is 18.8. The molecule has 5 N–H and O–H groups in total. The summed E-state index contributed by atoms with van der Waals surface area (Å²) in [5, 5.41) is 20.8. The number of nitrogens with zero attached hydrogens (tertiary/aromatic N) is 4. The lowest BCUT2D eigenvalue weighted by Crippen LogP contribution is -2.60. The molecule has 12 atom stereocenters. The predicted molar refractivity (Wildman–Crippen MR) is 348 cm³/mol. The molecule has 4 aliphatic rings. The average molecular weight is 1300 g/mol. The number of likely N-dealkylation sites (tertiary alicyclic amines) is 2. The van der Waals surface area contributed by atoms with Crippen LogP contribution in [0.1, 0.15) is 123 Å². The Morgan fingerprint density at radius 1 is 0.720 bits per heavy atom. The van der Waals surface area contributed by atoms with E-state index in [0.717, 1.165) is 24.0 Å². The van der Waals surface area contributed by atoms with Crippen LogP contribution in [0, 0.1) is 29.6 Å². The van der Waals surface area contributed by atoms with Gasteiger partial charge in [-0.25, -0.2) is 0 Å². The number of piperidine rings is 1. The molecule has 2 unspecified atom stereocenters. The minimum Gasteiger partial charge on any atom is -0.394 e. The molecule has 0 spiro atoms. The summed E-state index contributed by atoms with van der Waals surface area (Å²) < 4.78 is 34.2. The fourth-order valence-corrected chi connectivity index (χ4v) is 13.4. The van der Waals surface area contributed by atoms with Crippen LogP contribution in [0.2, 0.25) is 0 Å². The molecule has 3 heterocycles. The number of carbonyl (C=O) groups is 9. The maximum atomic E-state index is 14.9. The Labute approximate surface area is 549 Å². The second-order valence-electron chi connectivity index (χ2n) is 25.3. The van der Waals surface area contributed by atoms with Gasteiger partial charge in [0, 0.05) is 77.6 Å². The first-order valence-corrected chi connectivity index (χ1v) is 33.4. The zero-order valence-corrected chi connectivity index (χ0v) is 56.2. The first-order valence-electron chi connectivity index (χ1n) is 33.4. The standard InChI is InChI=1S/C69H104N8O16/c1-10-46(4)63(74(7)69(87)62(45(2)3)73-68(86)64-52-26-27-54(47(52)5)77(64)60(82)30-34-90-36-38-92-40-41-93-39-37-91-35-33-78)56(88-8)43-61(83)75-32-17-20-55(75)65(89-9)48(6)66(84)72-53(42-49-18-13-11-14-19-49)67(85)71-51-24-22-50(23-25-51)44-70-57(79)21-15-12-16-31-76-58(80)28-29-59(76)81/h11,13-14,18-19,22-25,28-29,45-48,52-56,62-65,78H,10,12,15-17,20-21,26-27,30-44H2,1-9H3,(H,70,79)(H,71,85)(H,72,84)(H,73,86)/t46-,47-,48+,52?,53-,54?,55-,56+,62-,63-,64-,65+/m0/s1. The topological polar surface area (TPSA) is 290 Å². The fraction of sp³-hybridized carbons (Fsp3) is 0.667. The third kappa shape index (κ3) is 21.7. The highest BCUT2D eigenvalue weighted by molar-refractivity contribution is 6.12. The number of benzene rings is 2. The van der Waals surface area contributed by atoms with E-state index in [4.69, 9.17) is 33.5 Å².